The highest BCUT2D eigenvalue weighted by Gasteiger charge is 2.52. The van der Waals surface area contributed by atoms with Crippen LogP contribution in [-0.2, 0) is 47.7 Å². The summed E-state index contributed by atoms with van der Waals surface area (Å²) in [5, 5.41) is 2.46. The van der Waals surface area contributed by atoms with Gasteiger partial charge in [0, 0.05) is 34.6 Å². The minimum Gasteiger partial charge on any atom is -0.463 e. The highest BCUT2D eigenvalue weighted by molar-refractivity contribution is 5.74. The lowest BCUT2D eigenvalue weighted by Gasteiger charge is -2.44. The molecule has 0 spiro atoms. The predicted molar refractivity (Wildman–Crippen MR) is 85.8 cm³/mol. The van der Waals surface area contributed by atoms with Crippen LogP contribution in [0.5, 0.6) is 0 Å². The molecule has 0 aromatic carbocycles. The first-order valence-electron chi connectivity index (χ1n) is 8.08. The molecular weight excluding hydrogens is 366 g/mol. The molecule has 0 bridgehead atoms. The fourth-order valence-electron chi connectivity index (χ4n) is 2.55. The molecule has 1 aliphatic rings. The van der Waals surface area contributed by atoms with E-state index in [1.165, 1.54) is 6.92 Å². The fourth-order valence-corrected chi connectivity index (χ4v) is 2.55. The van der Waals surface area contributed by atoms with Gasteiger partial charge >= 0.3 is 23.9 Å². The molecule has 1 amide bonds. The quantitative estimate of drug-likeness (QED) is 0.453. The maximum absolute atomic E-state index is 11.6. The summed E-state index contributed by atoms with van der Waals surface area (Å²) in [4.78, 5) is 57.2. The second kappa shape index (κ2) is 9.86. The Labute approximate surface area is 155 Å². The number of carbonyl (C=O) groups is 5. The van der Waals surface area contributed by atoms with Crippen LogP contribution in [-0.4, -0.2) is 67.0 Å². The van der Waals surface area contributed by atoms with Crippen LogP contribution in [0, 0.1) is 0 Å². The average Bonchev–Trinajstić information content (AvgIpc) is 2.49. The molecule has 1 heterocycles. The van der Waals surface area contributed by atoms with Crippen LogP contribution in [0.15, 0.2) is 0 Å². The van der Waals surface area contributed by atoms with E-state index in [1.54, 1.807) is 0 Å². The van der Waals surface area contributed by atoms with Crippen molar-refractivity contribution >= 4 is 29.8 Å². The van der Waals surface area contributed by atoms with Gasteiger partial charge in [-0.1, -0.05) is 0 Å². The van der Waals surface area contributed by atoms with Gasteiger partial charge in [-0.2, -0.15) is 0 Å². The summed E-state index contributed by atoms with van der Waals surface area (Å²) in [7, 11) is 0. The van der Waals surface area contributed by atoms with Crippen LogP contribution in [0.1, 0.15) is 34.6 Å². The maximum Gasteiger partial charge on any atom is 0.305 e. The summed E-state index contributed by atoms with van der Waals surface area (Å²) < 4.78 is 25.9. The Kier molecular flexibility index (Phi) is 8.16. The van der Waals surface area contributed by atoms with Crippen molar-refractivity contribution in [2.75, 3.05) is 6.61 Å². The molecule has 152 valence electrons. The van der Waals surface area contributed by atoms with Crippen molar-refractivity contribution in [3.8, 4) is 0 Å². The molecule has 0 saturated carbocycles. The molecule has 5 atom stereocenters. The van der Waals surface area contributed by atoms with Gasteiger partial charge in [0.15, 0.2) is 12.2 Å². The second-order valence-corrected chi connectivity index (χ2v) is 5.83. The van der Waals surface area contributed by atoms with Crippen molar-refractivity contribution in [2.45, 2.75) is 65.3 Å². The number of nitrogens with one attached hydrogen (secondary N) is 1. The van der Waals surface area contributed by atoms with E-state index in [0.29, 0.717) is 0 Å². The lowest BCUT2D eigenvalue weighted by Crippen LogP contribution is -2.66. The topological polar surface area (TPSA) is 144 Å². The zero-order valence-electron chi connectivity index (χ0n) is 15.7. The monoisotopic (exact) mass is 389 g/mol. The van der Waals surface area contributed by atoms with Gasteiger partial charge < -0.3 is 29.0 Å². The molecule has 11 nitrogen and oxygen atoms in total. The first-order valence-corrected chi connectivity index (χ1v) is 8.08. The fraction of sp³-hybridized carbons (Fsp3) is 0.688. The van der Waals surface area contributed by atoms with Gasteiger partial charge in [0.05, 0.1) is 0 Å². The third-order valence-corrected chi connectivity index (χ3v) is 3.35. The molecule has 0 aliphatic carbocycles. The number of carbonyl (C=O) groups excluding carboxylic acids is 5. The van der Waals surface area contributed by atoms with Crippen molar-refractivity contribution < 1.29 is 47.7 Å². The summed E-state index contributed by atoms with van der Waals surface area (Å²) in [6, 6.07) is -1.16. The van der Waals surface area contributed by atoms with Crippen LogP contribution >= 0.6 is 0 Å². The third-order valence-electron chi connectivity index (χ3n) is 3.35. The molecule has 1 rings (SSSR count). The smallest absolute Gasteiger partial charge is 0.305 e. The van der Waals surface area contributed by atoms with Crippen molar-refractivity contribution in [3.63, 3.8) is 0 Å². The number of hydrogen-bond donors (Lipinski definition) is 1. The van der Waals surface area contributed by atoms with Crippen LogP contribution in [0.4, 0.5) is 0 Å². The van der Waals surface area contributed by atoms with Crippen molar-refractivity contribution in [3.05, 3.63) is 0 Å². The molecule has 0 unspecified atom stereocenters. The lowest BCUT2D eigenvalue weighted by molar-refractivity contribution is -0.270. The lowest BCUT2D eigenvalue weighted by atomic mass is 9.96. The number of hydrogen-bond acceptors (Lipinski definition) is 10. The van der Waals surface area contributed by atoms with Crippen molar-refractivity contribution in [1.29, 1.82) is 0 Å². The van der Waals surface area contributed by atoms with Gasteiger partial charge in [-0.25, -0.2) is 0 Å². The van der Waals surface area contributed by atoms with E-state index in [4.69, 9.17) is 23.7 Å². The normalized spacial score (nSPS) is 27.1. The van der Waals surface area contributed by atoms with Crippen molar-refractivity contribution in [2.24, 2.45) is 0 Å². The second-order valence-electron chi connectivity index (χ2n) is 5.83. The van der Waals surface area contributed by atoms with Gasteiger partial charge in [0.25, 0.3) is 0 Å². The molecule has 1 fully saturated rings. The van der Waals surface area contributed by atoms with E-state index in [0.717, 1.165) is 27.7 Å². The van der Waals surface area contributed by atoms with E-state index in [-0.39, 0.29) is 6.61 Å². The number of rotatable bonds is 6. The molecule has 0 aromatic rings. The Bertz CT molecular complexity index is 604. The summed E-state index contributed by atoms with van der Waals surface area (Å²) in [6.45, 7) is 5.36. The number of ether oxygens (including phenoxy) is 5. The Balaban J connectivity index is 3.29. The predicted octanol–water partition coefficient (Wildman–Crippen LogP) is -0.794. The molecule has 0 aromatic heterocycles. The largest absolute Gasteiger partial charge is 0.463 e. The minimum absolute atomic E-state index is 0.365. The van der Waals surface area contributed by atoms with E-state index in [2.05, 4.69) is 5.32 Å². The first kappa shape index (κ1) is 22.4. The van der Waals surface area contributed by atoms with Crippen LogP contribution in [0.3, 0.4) is 0 Å². The molecule has 0 radical (unpaired) electrons. The molecular formula is C16H23NO10. The van der Waals surface area contributed by atoms with Gasteiger partial charge in [0.1, 0.15) is 18.8 Å². The molecule has 1 saturated heterocycles. The first-order chi connectivity index (χ1) is 12.5. The minimum atomic E-state index is -1.37. The highest BCUT2D eigenvalue weighted by atomic mass is 16.7. The Morgan fingerprint density at radius 1 is 0.778 bits per heavy atom. The Morgan fingerprint density at radius 2 is 1.30 bits per heavy atom. The van der Waals surface area contributed by atoms with Crippen LogP contribution < -0.4 is 5.32 Å². The summed E-state index contributed by atoms with van der Waals surface area (Å²) in [6.07, 6.45) is -4.97. The molecule has 27 heavy (non-hydrogen) atoms. The maximum atomic E-state index is 11.6. The summed E-state index contributed by atoms with van der Waals surface area (Å²) >= 11 is 0. The van der Waals surface area contributed by atoms with E-state index in [1.807, 2.05) is 0 Å². The molecule has 1 aliphatic heterocycles. The number of esters is 4. The van der Waals surface area contributed by atoms with E-state index < -0.39 is 60.4 Å². The summed E-state index contributed by atoms with van der Waals surface area (Å²) in [5.41, 5.74) is 0. The van der Waals surface area contributed by atoms with Gasteiger partial charge in [-0.15, -0.1) is 0 Å². The number of amides is 1. The van der Waals surface area contributed by atoms with Gasteiger partial charge in [-0.05, 0) is 0 Å². The van der Waals surface area contributed by atoms with E-state index >= 15 is 0 Å². The van der Waals surface area contributed by atoms with Gasteiger partial charge in [0.2, 0.25) is 12.2 Å². The zero-order valence-corrected chi connectivity index (χ0v) is 15.7. The van der Waals surface area contributed by atoms with E-state index in [9.17, 15) is 24.0 Å². The van der Waals surface area contributed by atoms with Crippen LogP contribution in [0.2, 0.25) is 0 Å². The third kappa shape index (κ3) is 7.21. The SMILES string of the molecule is CC(=O)N[C@@H]1[C@H](OC(C)=O)O[C@@H](COC(C)=O)[C@@H](OC(C)=O)[C@H]1OC(C)=O. The standard InChI is InChI=1S/C16H23NO10/c1-7(18)17-13-15(25-10(4)21)14(24-9(3)20)12(6-23-8(2)19)27-16(13)26-11(5)22/h12-16H,6H2,1-5H3,(H,17,18)/t12-,13-,14+,15-,16+/m0/s1. The van der Waals surface area contributed by atoms with Crippen LogP contribution in [0.25, 0.3) is 0 Å². The van der Waals surface area contributed by atoms with Gasteiger partial charge in [-0.3, -0.25) is 24.0 Å². The Hall–Kier alpha value is -2.69. The Morgan fingerprint density at radius 3 is 1.74 bits per heavy atom. The molecule has 1 N–H and O–H groups in total. The average molecular weight is 389 g/mol. The zero-order chi connectivity index (χ0) is 20.7. The molecule has 11 heteroatoms. The summed E-state index contributed by atoms with van der Waals surface area (Å²) in [5.74, 6) is -3.34. The highest BCUT2D eigenvalue weighted by Crippen LogP contribution is 2.28. The van der Waals surface area contributed by atoms with Crippen molar-refractivity contribution in [1.82, 2.24) is 5.32 Å².